The normalized spacial score (nSPS) is 12.0. The van der Waals surface area contributed by atoms with Crippen molar-refractivity contribution in [1.82, 2.24) is 14.5 Å². The van der Waals surface area contributed by atoms with Gasteiger partial charge in [-0.3, -0.25) is 0 Å². The van der Waals surface area contributed by atoms with Crippen LogP contribution in [-0.2, 0) is 22.8 Å². The molecule has 0 atom stereocenters. The molecule has 2 aromatic heterocycles. The molecule has 0 aliphatic carbocycles. The molecule has 0 fully saturated rings. The minimum atomic E-state index is -3.53. The highest BCUT2D eigenvalue weighted by molar-refractivity contribution is 7.91. The number of benzene rings is 1. The van der Waals surface area contributed by atoms with Crippen LogP contribution in [0.15, 0.2) is 23.1 Å². The van der Waals surface area contributed by atoms with E-state index in [0.717, 1.165) is 35.4 Å². The zero-order valence-corrected chi connectivity index (χ0v) is 19.0. The Hall–Kier alpha value is -1.83. The molecule has 2 heterocycles. The highest BCUT2D eigenvalue weighted by atomic mass is 35.5. The molecular weight excluding hydrogens is 431 g/mol. The van der Waals surface area contributed by atoms with Crippen LogP contribution in [0, 0.1) is 13.8 Å². The highest BCUT2D eigenvalue weighted by Crippen LogP contribution is 2.28. The van der Waals surface area contributed by atoms with Gasteiger partial charge in [0.1, 0.15) is 11.3 Å². The Balaban J connectivity index is 1.91. The number of halogens is 2. The average molecular weight is 455 g/mol. The third-order valence-corrected chi connectivity index (χ3v) is 7.48. The quantitative estimate of drug-likeness (QED) is 0.555. The summed E-state index contributed by atoms with van der Waals surface area (Å²) in [4.78, 5) is 9.17. The van der Waals surface area contributed by atoms with E-state index >= 15 is 0 Å². The number of nitrogen functional groups attached to an aromatic ring is 1. The Labute approximate surface area is 181 Å². The smallest absolute Gasteiger partial charge is 0.179 e. The summed E-state index contributed by atoms with van der Waals surface area (Å²) in [6.07, 6.45) is 2.12. The fourth-order valence-electron chi connectivity index (χ4n) is 3.45. The van der Waals surface area contributed by atoms with Crippen molar-refractivity contribution in [3.63, 3.8) is 0 Å². The van der Waals surface area contributed by atoms with Gasteiger partial charge in [-0.2, -0.15) is 0 Å². The van der Waals surface area contributed by atoms with Crippen LogP contribution in [0.5, 0.6) is 0 Å². The molecular formula is C20H24Cl2N4O2S. The number of nitrogens with zero attached hydrogens (tertiary/aromatic N) is 3. The maximum Gasteiger partial charge on any atom is 0.179 e. The molecule has 0 aliphatic heterocycles. The predicted octanol–water partition coefficient (Wildman–Crippen LogP) is 4.75. The zero-order valence-electron chi connectivity index (χ0n) is 16.7. The predicted molar refractivity (Wildman–Crippen MR) is 119 cm³/mol. The Morgan fingerprint density at radius 2 is 1.90 bits per heavy atom. The molecule has 0 saturated heterocycles. The van der Waals surface area contributed by atoms with Crippen molar-refractivity contribution in [2.24, 2.45) is 0 Å². The third-order valence-electron chi connectivity index (χ3n) is 4.97. The Kier molecular flexibility index (Phi) is 6.41. The van der Waals surface area contributed by atoms with Crippen LogP contribution < -0.4 is 5.73 Å². The molecule has 0 amide bonds. The molecule has 0 radical (unpaired) electrons. The van der Waals surface area contributed by atoms with E-state index in [9.17, 15) is 8.42 Å². The second-order valence-corrected chi connectivity index (χ2v) is 10.0. The number of aryl methyl sites for hydroxylation is 4. The van der Waals surface area contributed by atoms with Crippen molar-refractivity contribution in [1.29, 1.82) is 0 Å². The van der Waals surface area contributed by atoms with E-state index in [-0.39, 0.29) is 15.7 Å². The lowest BCUT2D eigenvalue weighted by atomic mass is 10.2. The van der Waals surface area contributed by atoms with Gasteiger partial charge in [0.25, 0.3) is 0 Å². The number of sulfone groups is 1. The first-order valence-corrected chi connectivity index (χ1v) is 11.9. The number of hydrogen-bond donors (Lipinski definition) is 1. The van der Waals surface area contributed by atoms with Crippen molar-refractivity contribution >= 4 is 49.9 Å². The van der Waals surface area contributed by atoms with Crippen molar-refractivity contribution in [3.05, 3.63) is 45.3 Å². The molecule has 156 valence electrons. The maximum atomic E-state index is 12.8. The van der Waals surface area contributed by atoms with E-state index in [1.54, 1.807) is 0 Å². The van der Waals surface area contributed by atoms with Crippen LogP contribution in [0.3, 0.4) is 0 Å². The van der Waals surface area contributed by atoms with Gasteiger partial charge in [0, 0.05) is 23.7 Å². The molecule has 0 unspecified atom stereocenters. The largest absolute Gasteiger partial charge is 0.382 e. The summed E-state index contributed by atoms with van der Waals surface area (Å²) in [6.45, 7) is 6.49. The fourth-order valence-corrected chi connectivity index (χ4v) is 5.57. The SMILES string of the molecule is CCCc1nc2c(N)nc(C)c(C)c2n1CCCS(=O)(=O)c1ccc(Cl)cc1Cl. The lowest BCUT2D eigenvalue weighted by Crippen LogP contribution is -2.12. The van der Waals surface area contributed by atoms with Gasteiger partial charge in [-0.15, -0.1) is 0 Å². The van der Waals surface area contributed by atoms with Crippen LogP contribution in [0.2, 0.25) is 10.0 Å². The Morgan fingerprint density at radius 1 is 1.17 bits per heavy atom. The molecule has 2 N–H and O–H groups in total. The van der Waals surface area contributed by atoms with E-state index in [4.69, 9.17) is 33.9 Å². The number of hydrogen-bond acceptors (Lipinski definition) is 5. The van der Waals surface area contributed by atoms with E-state index < -0.39 is 9.84 Å². The lowest BCUT2D eigenvalue weighted by molar-refractivity contribution is 0.584. The fraction of sp³-hybridized carbons (Fsp3) is 0.400. The minimum Gasteiger partial charge on any atom is -0.382 e. The zero-order chi connectivity index (χ0) is 21.3. The summed E-state index contributed by atoms with van der Waals surface area (Å²) in [5.74, 6) is 1.27. The molecule has 29 heavy (non-hydrogen) atoms. The van der Waals surface area contributed by atoms with Crippen molar-refractivity contribution in [3.8, 4) is 0 Å². The average Bonchev–Trinajstić information content (AvgIpc) is 2.99. The summed E-state index contributed by atoms with van der Waals surface area (Å²) in [7, 11) is -3.53. The van der Waals surface area contributed by atoms with Gasteiger partial charge in [0.2, 0.25) is 0 Å². The highest BCUT2D eigenvalue weighted by Gasteiger charge is 2.20. The lowest BCUT2D eigenvalue weighted by Gasteiger charge is -2.12. The Bertz CT molecular complexity index is 1170. The summed E-state index contributed by atoms with van der Waals surface area (Å²) in [5.41, 5.74) is 9.56. The first-order chi connectivity index (χ1) is 13.7. The number of anilines is 1. The summed E-state index contributed by atoms with van der Waals surface area (Å²) >= 11 is 12.0. The minimum absolute atomic E-state index is 0.0296. The molecule has 0 saturated carbocycles. The molecule has 6 nitrogen and oxygen atoms in total. The van der Waals surface area contributed by atoms with Crippen LogP contribution >= 0.6 is 23.2 Å². The number of imidazole rings is 1. The van der Waals surface area contributed by atoms with Crippen LogP contribution in [0.25, 0.3) is 11.0 Å². The van der Waals surface area contributed by atoms with Crippen LogP contribution in [0.4, 0.5) is 5.82 Å². The van der Waals surface area contributed by atoms with E-state index in [1.807, 2.05) is 13.8 Å². The topological polar surface area (TPSA) is 90.9 Å². The summed E-state index contributed by atoms with van der Waals surface area (Å²) < 4.78 is 27.6. The molecule has 0 aliphatic rings. The molecule has 9 heteroatoms. The maximum absolute atomic E-state index is 12.8. The van der Waals surface area contributed by atoms with Crippen molar-refractivity contribution < 1.29 is 8.42 Å². The molecule has 3 rings (SSSR count). The van der Waals surface area contributed by atoms with Gasteiger partial charge < -0.3 is 10.3 Å². The first-order valence-electron chi connectivity index (χ1n) is 9.45. The number of fused-ring (bicyclic) bond motifs is 1. The number of pyridine rings is 1. The Morgan fingerprint density at radius 3 is 2.55 bits per heavy atom. The van der Waals surface area contributed by atoms with Crippen LogP contribution in [-0.4, -0.2) is 28.7 Å². The van der Waals surface area contributed by atoms with Gasteiger partial charge in [-0.05, 0) is 50.5 Å². The van der Waals surface area contributed by atoms with Crippen molar-refractivity contribution in [2.45, 2.75) is 51.5 Å². The van der Waals surface area contributed by atoms with Crippen molar-refractivity contribution in [2.75, 3.05) is 11.5 Å². The second-order valence-electron chi connectivity index (χ2n) is 7.08. The number of nitrogens with two attached hydrogens (primary N) is 1. The van der Waals surface area contributed by atoms with Gasteiger partial charge >= 0.3 is 0 Å². The third kappa shape index (κ3) is 4.37. The first kappa shape index (κ1) is 21.9. The van der Waals surface area contributed by atoms with Gasteiger partial charge in [0.05, 0.1) is 21.2 Å². The van der Waals surface area contributed by atoms with Crippen LogP contribution in [0.1, 0.15) is 36.8 Å². The van der Waals surface area contributed by atoms with Gasteiger partial charge in [0.15, 0.2) is 15.7 Å². The standard InChI is InChI=1S/C20H24Cl2N4O2S/c1-4-6-17-25-18-19(12(2)13(3)24-20(18)23)26(17)9-5-10-29(27,28)16-8-7-14(21)11-15(16)22/h7-8,11H,4-6,9-10H2,1-3H3,(H2,23,24). The number of rotatable bonds is 7. The molecule has 3 aromatic rings. The molecule has 0 spiro atoms. The van der Waals surface area contributed by atoms with E-state index in [0.29, 0.717) is 29.3 Å². The molecule has 0 bridgehead atoms. The van der Waals surface area contributed by atoms with E-state index in [2.05, 4.69) is 16.5 Å². The number of aromatic nitrogens is 3. The molecule has 1 aromatic carbocycles. The van der Waals surface area contributed by atoms with Gasteiger partial charge in [-0.25, -0.2) is 18.4 Å². The van der Waals surface area contributed by atoms with E-state index in [1.165, 1.54) is 18.2 Å². The second kappa shape index (κ2) is 8.50. The van der Waals surface area contributed by atoms with Gasteiger partial charge in [-0.1, -0.05) is 30.1 Å². The summed E-state index contributed by atoms with van der Waals surface area (Å²) in [6, 6.07) is 4.43. The monoisotopic (exact) mass is 454 g/mol. The summed E-state index contributed by atoms with van der Waals surface area (Å²) in [5, 5.41) is 0.544.